The van der Waals surface area contributed by atoms with E-state index in [0.717, 1.165) is 29.8 Å². The van der Waals surface area contributed by atoms with Gasteiger partial charge in [-0.15, -0.1) is 0 Å². The van der Waals surface area contributed by atoms with Gasteiger partial charge in [-0.1, -0.05) is 19.8 Å². The number of rotatable bonds is 8. The van der Waals surface area contributed by atoms with Crippen molar-refractivity contribution in [2.75, 3.05) is 10.3 Å². The zero-order valence-corrected chi connectivity index (χ0v) is 20.7. The number of fused-ring (bicyclic) bond motifs is 1. The summed E-state index contributed by atoms with van der Waals surface area (Å²) in [5, 5.41) is 28.3. The second-order valence-corrected chi connectivity index (χ2v) is 9.40. The monoisotopic (exact) mass is 484 g/mol. The average Bonchev–Trinajstić information content (AvgIpc) is 3.32. The summed E-state index contributed by atoms with van der Waals surface area (Å²) in [6.07, 6.45) is 13.6. The molecule has 4 rings (SSSR count). The van der Waals surface area contributed by atoms with E-state index in [1.807, 2.05) is 0 Å². The van der Waals surface area contributed by atoms with Gasteiger partial charge in [0.15, 0.2) is 11.5 Å². The first-order valence-electron chi connectivity index (χ1n) is 12.3. The maximum atomic E-state index is 9.39. The van der Waals surface area contributed by atoms with E-state index in [-0.39, 0.29) is 0 Å². The topological polar surface area (TPSA) is 158 Å². The number of nitrogens with one attached hydrogen (secondary N) is 1. The Balaban J connectivity index is 1.62. The van der Waals surface area contributed by atoms with Gasteiger partial charge in [0.2, 0.25) is 0 Å². The number of nitrogens with zero attached hydrogens (tertiary/aromatic N) is 7. The number of hydrogen-bond acceptors (Lipinski definition) is 9. The first-order valence-corrected chi connectivity index (χ1v) is 12.3. The van der Waals surface area contributed by atoms with Crippen molar-refractivity contribution in [2.24, 2.45) is 23.4 Å². The number of hydrogen-bond donors (Lipinski definition) is 3. The highest BCUT2D eigenvalue weighted by atomic mass is 15.4. The third kappa shape index (κ3) is 5.40. The summed E-state index contributed by atoms with van der Waals surface area (Å²) in [5.41, 5.74) is 9.46. The highest BCUT2D eigenvalue weighted by molar-refractivity contribution is 5.78. The molecule has 0 aromatic carbocycles. The third-order valence-electron chi connectivity index (χ3n) is 6.77. The Morgan fingerprint density at radius 2 is 2.00 bits per heavy atom. The van der Waals surface area contributed by atoms with Gasteiger partial charge in [0, 0.05) is 29.5 Å². The van der Waals surface area contributed by atoms with Crippen LogP contribution >= 0.6 is 0 Å². The molecule has 36 heavy (non-hydrogen) atoms. The van der Waals surface area contributed by atoms with Crippen molar-refractivity contribution in [1.82, 2.24) is 19.7 Å². The Hall–Kier alpha value is -4.15. The van der Waals surface area contributed by atoms with E-state index >= 15 is 0 Å². The molecule has 0 bridgehead atoms. The van der Waals surface area contributed by atoms with Crippen LogP contribution in [0.25, 0.3) is 16.9 Å². The van der Waals surface area contributed by atoms with Crippen LogP contribution in [-0.2, 0) is 0 Å². The van der Waals surface area contributed by atoms with Gasteiger partial charge >= 0.3 is 0 Å². The molecule has 1 aliphatic rings. The van der Waals surface area contributed by atoms with Gasteiger partial charge in [-0.2, -0.15) is 20.3 Å². The van der Waals surface area contributed by atoms with Crippen LogP contribution in [-0.4, -0.2) is 25.8 Å². The van der Waals surface area contributed by atoms with E-state index in [1.54, 1.807) is 42.3 Å². The maximum absolute atomic E-state index is 9.39. The van der Waals surface area contributed by atoms with Gasteiger partial charge in [-0.05, 0) is 50.5 Å². The second kappa shape index (κ2) is 11.1. The van der Waals surface area contributed by atoms with Crippen LogP contribution in [0, 0.1) is 34.5 Å². The summed E-state index contributed by atoms with van der Waals surface area (Å²) in [6.45, 7) is 4.00. The van der Waals surface area contributed by atoms with Gasteiger partial charge in [0.1, 0.15) is 12.1 Å². The van der Waals surface area contributed by atoms with Crippen molar-refractivity contribution in [3.05, 3.63) is 48.2 Å². The fraction of sp³-hybridized carbons (Fsp3) is 0.423. The highest BCUT2D eigenvalue weighted by Gasteiger charge is 2.23. The SMILES string of the molecule is CCCC1CCC(/C(N)=C/N(N)c2cnc(-n3ncc4cc(C#N)cnc43)cc2N[C@H](C)C#N)CC1. The number of pyridine rings is 2. The smallest absolute Gasteiger partial charge is 0.164 e. The van der Waals surface area contributed by atoms with Crippen LogP contribution in [0.2, 0.25) is 0 Å². The Morgan fingerprint density at radius 3 is 2.69 bits per heavy atom. The standard InChI is InChI=1S/C26H32N10/c1-3-4-18-5-7-20(8-6-18)22(29)16-35(30)24-15-31-25(10-23(24)34-17(2)11-27)36-26-21(14-33-36)9-19(12-28)13-32-26/h9-10,13-18,20H,3-8,29-30H2,1-2H3,(H,31,34)/b22-16-/t17-,18?,20?/m1/s1. The lowest BCUT2D eigenvalue weighted by molar-refractivity contribution is 0.284. The van der Waals surface area contributed by atoms with Crippen molar-refractivity contribution >= 4 is 22.4 Å². The summed E-state index contributed by atoms with van der Waals surface area (Å²) < 4.78 is 1.59. The maximum Gasteiger partial charge on any atom is 0.164 e. The molecule has 1 aliphatic carbocycles. The lowest BCUT2D eigenvalue weighted by atomic mass is 9.79. The van der Waals surface area contributed by atoms with Gasteiger partial charge < -0.3 is 11.1 Å². The van der Waals surface area contributed by atoms with Crippen LogP contribution in [0.1, 0.15) is 57.9 Å². The Labute approximate surface area is 211 Å². The molecule has 3 aromatic rings. The summed E-state index contributed by atoms with van der Waals surface area (Å²) >= 11 is 0. The van der Waals surface area contributed by atoms with Gasteiger partial charge in [0.25, 0.3) is 0 Å². The van der Waals surface area contributed by atoms with E-state index in [4.69, 9.17) is 16.8 Å². The number of allylic oxidation sites excluding steroid dienone is 1. The Bertz CT molecular complexity index is 1320. The van der Waals surface area contributed by atoms with E-state index in [1.165, 1.54) is 36.9 Å². The van der Waals surface area contributed by atoms with Crippen LogP contribution in [0.3, 0.4) is 0 Å². The number of hydrazine groups is 1. The molecular weight excluding hydrogens is 452 g/mol. The van der Waals surface area contributed by atoms with Crippen molar-refractivity contribution < 1.29 is 0 Å². The van der Waals surface area contributed by atoms with Gasteiger partial charge in [0.05, 0.1) is 35.4 Å². The molecule has 5 N–H and O–H groups in total. The summed E-state index contributed by atoms with van der Waals surface area (Å²) in [5.74, 6) is 8.04. The lowest BCUT2D eigenvalue weighted by Gasteiger charge is -2.29. The fourth-order valence-electron chi connectivity index (χ4n) is 4.82. The number of anilines is 2. The molecule has 0 unspecified atom stereocenters. The number of nitriles is 2. The quantitative estimate of drug-likeness (QED) is 0.316. The molecule has 1 fully saturated rings. The molecule has 0 saturated heterocycles. The predicted molar refractivity (Wildman–Crippen MR) is 139 cm³/mol. The minimum Gasteiger partial charge on any atom is -0.401 e. The first-order chi connectivity index (χ1) is 17.4. The number of aromatic nitrogens is 4. The second-order valence-electron chi connectivity index (χ2n) is 9.40. The van der Waals surface area contributed by atoms with Crippen molar-refractivity contribution in [2.45, 2.75) is 58.4 Å². The highest BCUT2D eigenvalue weighted by Crippen LogP contribution is 2.34. The van der Waals surface area contributed by atoms with Crippen LogP contribution in [0.5, 0.6) is 0 Å². The van der Waals surface area contributed by atoms with Gasteiger partial charge in [-0.25, -0.2) is 15.8 Å². The molecule has 10 heteroatoms. The Kier molecular flexibility index (Phi) is 7.67. The molecule has 186 valence electrons. The minimum absolute atomic E-state index is 0.311. The first kappa shape index (κ1) is 25.0. The van der Waals surface area contributed by atoms with Crippen molar-refractivity contribution in [1.29, 1.82) is 10.5 Å². The molecule has 1 atom stereocenters. The summed E-state index contributed by atoms with van der Waals surface area (Å²) in [7, 11) is 0. The molecule has 3 heterocycles. The molecule has 1 saturated carbocycles. The van der Waals surface area contributed by atoms with Crippen molar-refractivity contribution in [3.63, 3.8) is 0 Å². The van der Waals surface area contributed by atoms with E-state index in [0.29, 0.717) is 34.3 Å². The van der Waals surface area contributed by atoms with Crippen LogP contribution < -0.4 is 21.9 Å². The van der Waals surface area contributed by atoms with Gasteiger partial charge in [-0.3, -0.25) is 5.01 Å². The molecule has 10 nitrogen and oxygen atoms in total. The molecule has 0 aliphatic heterocycles. The largest absolute Gasteiger partial charge is 0.401 e. The minimum atomic E-state index is -0.465. The normalized spacial score (nSPS) is 18.9. The molecule has 3 aromatic heterocycles. The zero-order chi connectivity index (χ0) is 25.7. The fourth-order valence-corrected chi connectivity index (χ4v) is 4.82. The molecular formula is C26H32N10. The van der Waals surface area contributed by atoms with E-state index < -0.39 is 6.04 Å². The van der Waals surface area contributed by atoms with Crippen LogP contribution in [0.15, 0.2) is 42.6 Å². The van der Waals surface area contributed by atoms with Crippen LogP contribution in [0.4, 0.5) is 11.4 Å². The Morgan fingerprint density at radius 1 is 1.22 bits per heavy atom. The van der Waals surface area contributed by atoms with E-state index in [9.17, 15) is 5.26 Å². The molecule has 0 spiro atoms. The zero-order valence-electron chi connectivity index (χ0n) is 20.7. The summed E-state index contributed by atoms with van der Waals surface area (Å²) in [6, 6.07) is 7.30. The van der Waals surface area contributed by atoms with Crippen molar-refractivity contribution in [3.8, 4) is 18.0 Å². The predicted octanol–water partition coefficient (Wildman–Crippen LogP) is 4.10. The summed E-state index contributed by atoms with van der Waals surface area (Å²) in [4.78, 5) is 8.92. The number of nitrogens with two attached hydrogens (primary N) is 2. The third-order valence-corrected chi connectivity index (χ3v) is 6.77. The molecule has 0 amide bonds. The van der Waals surface area contributed by atoms with E-state index in [2.05, 4.69) is 39.4 Å². The molecule has 0 radical (unpaired) electrons. The lowest BCUT2D eigenvalue weighted by Crippen LogP contribution is -2.30. The average molecular weight is 485 g/mol.